The van der Waals surface area contributed by atoms with Crippen LogP contribution >= 0.6 is 0 Å². The largest absolute Gasteiger partial charge is 0.385 e. The first-order valence-electron chi connectivity index (χ1n) is 11.7. The zero-order valence-electron chi connectivity index (χ0n) is 20.9. The summed E-state index contributed by atoms with van der Waals surface area (Å²) in [6, 6.07) is 11.9. The third-order valence-corrected chi connectivity index (χ3v) is 7.56. The molecule has 2 heteroatoms. The highest BCUT2D eigenvalue weighted by Gasteiger charge is 2.44. The Labute approximate surface area is 189 Å². The second-order valence-electron chi connectivity index (χ2n) is 11.2. The number of hydrogen-bond donors (Lipinski definition) is 0. The van der Waals surface area contributed by atoms with Crippen LogP contribution in [0.25, 0.3) is 16.5 Å². The predicted molar refractivity (Wildman–Crippen MR) is 134 cm³/mol. The minimum absolute atomic E-state index is 0.0395. The van der Waals surface area contributed by atoms with Crippen LogP contribution in [0, 0.1) is 5.41 Å². The van der Waals surface area contributed by atoms with Gasteiger partial charge in [0.1, 0.15) is 0 Å². The molecule has 2 aliphatic rings. The second kappa shape index (κ2) is 7.52. The molecule has 0 fully saturated rings. The Morgan fingerprint density at radius 3 is 2.48 bits per heavy atom. The predicted octanol–water partition coefficient (Wildman–Crippen LogP) is 7.29. The first-order chi connectivity index (χ1) is 14.5. The molecule has 1 aliphatic carbocycles. The molecular weight excluding hydrogens is 378 g/mol. The average Bonchev–Trinajstić information content (AvgIpc) is 2.70. The molecular formula is C29H39NO. The van der Waals surface area contributed by atoms with Crippen LogP contribution in [0.5, 0.6) is 0 Å². The molecule has 0 amide bonds. The molecule has 2 unspecified atom stereocenters. The SMILES string of the molecule is COCCC1c2c3c(cc4ccccc24)C(C)(C)/C(=C/C(C)(C)C)C(C)=C3N(C)C1C. The van der Waals surface area contributed by atoms with E-state index in [9.17, 15) is 0 Å². The van der Waals surface area contributed by atoms with Gasteiger partial charge in [0, 0.05) is 49.4 Å². The molecule has 0 saturated carbocycles. The van der Waals surface area contributed by atoms with Crippen molar-refractivity contribution in [2.24, 2.45) is 5.41 Å². The second-order valence-corrected chi connectivity index (χ2v) is 11.2. The fraction of sp³-hybridized carbons (Fsp3) is 0.517. The molecule has 0 radical (unpaired) electrons. The first kappa shape index (κ1) is 22.1. The monoisotopic (exact) mass is 417 g/mol. The van der Waals surface area contributed by atoms with Crippen LogP contribution in [0.2, 0.25) is 0 Å². The molecule has 31 heavy (non-hydrogen) atoms. The number of ether oxygens (including phenoxy) is 1. The van der Waals surface area contributed by atoms with E-state index in [1.807, 2.05) is 7.11 Å². The molecule has 2 aromatic carbocycles. The first-order valence-corrected chi connectivity index (χ1v) is 11.7. The van der Waals surface area contributed by atoms with Gasteiger partial charge in [0.2, 0.25) is 0 Å². The molecule has 2 nitrogen and oxygen atoms in total. The highest BCUT2D eigenvalue weighted by Crippen LogP contribution is 2.55. The van der Waals surface area contributed by atoms with Crippen molar-refractivity contribution in [3.63, 3.8) is 0 Å². The van der Waals surface area contributed by atoms with Crippen molar-refractivity contribution >= 4 is 16.5 Å². The molecule has 2 atom stereocenters. The van der Waals surface area contributed by atoms with E-state index in [-0.39, 0.29) is 10.8 Å². The van der Waals surface area contributed by atoms with Gasteiger partial charge in [-0.2, -0.15) is 0 Å². The maximum absolute atomic E-state index is 5.55. The summed E-state index contributed by atoms with van der Waals surface area (Å²) >= 11 is 0. The average molecular weight is 418 g/mol. The lowest BCUT2D eigenvalue weighted by Crippen LogP contribution is -2.43. The van der Waals surface area contributed by atoms with E-state index in [4.69, 9.17) is 4.74 Å². The van der Waals surface area contributed by atoms with Gasteiger partial charge in [0.05, 0.1) is 0 Å². The molecule has 2 aromatic rings. The quantitative estimate of drug-likeness (QED) is 0.520. The van der Waals surface area contributed by atoms with Gasteiger partial charge >= 0.3 is 0 Å². The molecule has 4 rings (SSSR count). The number of nitrogens with zero attached hydrogens (tertiary/aromatic N) is 1. The summed E-state index contributed by atoms with van der Waals surface area (Å²) in [4.78, 5) is 2.54. The van der Waals surface area contributed by atoms with Crippen LogP contribution in [0.4, 0.5) is 0 Å². The molecule has 0 aromatic heterocycles. The summed E-state index contributed by atoms with van der Waals surface area (Å²) in [6.45, 7) is 17.3. The van der Waals surface area contributed by atoms with Crippen molar-refractivity contribution in [2.45, 2.75) is 72.3 Å². The maximum atomic E-state index is 5.55. The zero-order valence-corrected chi connectivity index (χ0v) is 20.9. The molecule has 166 valence electrons. The van der Waals surface area contributed by atoms with Crippen LogP contribution in [0.3, 0.4) is 0 Å². The van der Waals surface area contributed by atoms with E-state index in [0.717, 1.165) is 13.0 Å². The van der Waals surface area contributed by atoms with Gasteiger partial charge in [-0.3, -0.25) is 0 Å². The number of benzene rings is 2. The lowest BCUT2D eigenvalue weighted by Gasteiger charge is -2.49. The topological polar surface area (TPSA) is 12.5 Å². The van der Waals surface area contributed by atoms with Crippen molar-refractivity contribution in [2.75, 3.05) is 20.8 Å². The van der Waals surface area contributed by atoms with E-state index < -0.39 is 0 Å². The van der Waals surface area contributed by atoms with Crippen molar-refractivity contribution in [1.29, 1.82) is 0 Å². The van der Waals surface area contributed by atoms with Crippen molar-refractivity contribution in [1.82, 2.24) is 4.90 Å². The smallest absolute Gasteiger partial charge is 0.0478 e. The summed E-state index contributed by atoms with van der Waals surface area (Å²) in [5.41, 5.74) is 8.90. The summed E-state index contributed by atoms with van der Waals surface area (Å²) in [6.07, 6.45) is 3.54. The van der Waals surface area contributed by atoms with Crippen LogP contribution < -0.4 is 0 Å². The van der Waals surface area contributed by atoms with Gasteiger partial charge in [-0.25, -0.2) is 0 Å². The summed E-state index contributed by atoms with van der Waals surface area (Å²) < 4.78 is 5.55. The number of likely N-dealkylation sites (N-methyl/N-ethyl adjacent to an activating group) is 1. The molecule has 0 spiro atoms. The third-order valence-electron chi connectivity index (χ3n) is 7.56. The fourth-order valence-electron chi connectivity index (χ4n) is 5.95. The van der Waals surface area contributed by atoms with Crippen molar-refractivity contribution < 1.29 is 4.74 Å². The van der Waals surface area contributed by atoms with Crippen molar-refractivity contribution in [3.05, 3.63) is 64.2 Å². The summed E-state index contributed by atoms with van der Waals surface area (Å²) in [5, 5.41) is 2.77. The van der Waals surface area contributed by atoms with Crippen molar-refractivity contribution in [3.8, 4) is 0 Å². The van der Waals surface area contributed by atoms with Crippen LogP contribution in [0.1, 0.15) is 77.5 Å². The Hall–Kier alpha value is -2.06. The Balaban J connectivity index is 2.15. The summed E-state index contributed by atoms with van der Waals surface area (Å²) in [5.74, 6) is 0.449. The van der Waals surface area contributed by atoms with Gasteiger partial charge in [-0.15, -0.1) is 0 Å². The van der Waals surface area contributed by atoms with Gasteiger partial charge in [-0.05, 0) is 64.8 Å². The number of hydrogen-bond acceptors (Lipinski definition) is 2. The number of methoxy groups -OCH3 is 1. The van der Waals surface area contributed by atoms with E-state index >= 15 is 0 Å². The van der Waals surface area contributed by atoms with Gasteiger partial charge in [0.25, 0.3) is 0 Å². The molecule has 0 N–H and O–H groups in total. The molecule has 0 saturated heterocycles. The van der Waals surface area contributed by atoms with E-state index in [1.165, 1.54) is 44.3 Å². The minimum Gasteiger partial charge on any atom is -0.385 e. The van der Waals surface area contributed by atoms with E-state index in [1.54, 1.807) is 0 Å². The third kappa shape index (κ3) is 3.44. The van der Waals surface area contributed by atoms with E-state index in [0.29, 0.717) is 12.0 Å². The van der Waals surface area contributed by atoms with Crippen LogP contribution in [-0.4, -0.2) is 31.7 Å². The minimum atomic E-state index is -0.0395. The van der Waals surface area contributed by atoms with Gasteiger partial charge in [0.15, 0.2) is 0 Å². The number of allylic oxidation sites excluding steroid dienone is 3. The lowest BCUT2D eigenvalue weighted by atomic mass is 9.62. The maximum Gasteiger partial charge on any atom is 0.0478 e. The highest BCUT2D eigenvalue weighted by atomic mass is 16.5. The molecule has 1 aliphatic heterocycles. The highest BCUT2D eigenvalue weighted by molar-refractivity contribution is 5.96. The standard InChI is InChI=1S/C29H39NO/c1-18-24(17-28(3,4)5)29(6,7)23-16-20-12-10-11-13-22(20)25-21(14-15-31-9)19(2)30(8)27(18)26(23)25/h10-13,16-17,19,21H,14-15H2,1-9H3/b24-17+. The van der Waals surface area contributed by atoms with Gasteiger partial charge < -0.3 is 9.64 Å². The Kier molecular flexibility index (Phi) is 5.37. The Morgan fingerprint density at radius 2 is 1.84 bits per heavy atom. The zero-order chi connectivity index (χ0) is 22.7. The van der Waals surface area contributed by atoms with Crippen LogP contribution in [0.15, 0.2) is 47.6 Å². The Bertz CT molecular complexity index is 1080. The summed E-state index contributed by atoms with van der Waals surface area (Å²) in [7, 11) is 4.11. The Morgan fingerprint density at radius 1 is 1.16 bits per heavy atom. The van der Waals surface area contributed by atoms with E-state index in [2.05, 4.69) is 96.8 Å². The van der Waals surface area contributed by atoms with Crippen LogP contribution in [-0.2, 0) is 10.2 Å². The fourth-order valence-corrected chi connectivity index (χ4v) is 5.95. The normalized spacial score (nSPS) is 24.2. The molecule has 1 heterocycles. The van der Waals surface area contributed by atoms with Gasteiger partial charge in [-0.1, -0.05) is 65.0 Å². The number of rotatable bonds is 3. The number of fused-ring (bicyclic) bond motifs is 2. The lowest BCUT2D eigenvalue weighted by molar-refractivity contribution is 0.171. The molecule has 0 bridgehead atoms.